The van der Waals surface area contributed by atoms with Gasteiger partial charge in [-0.25, -0.2) is 4.68 Å². The van der Waals surface area contributed by atoms with Gasteiger partial charge in [-0.1, -0.05) is 44.2 Å². The molecule has 6 heteroatoms. The van der Waals surface area contributed by atoms with Crippen molar-refractivity contribution in [1.82, 2.24) is 19.4 Å². The number of benzene rings is 2. The maximum atomic E-state index is 6.19. The first kappa shape index (κ1) is 18.9. The fourth-order valence-corrected chi connectivity index (χ4v) is 3.44. The second kappa shape index (κ2) is 8.31. The molecule has 0 bridgehead atoms. The fourth-order valence-electron chi connectivity index (χ4n) is 3.44. The van der Waals surface area contributed by atoms with E-state index in [0.717, 1.165) is 28.8 Å². The smallest absolute Gasteiger partial charge is 0.141 e. The van der Waals surface area contributed by atoms with Crippen LogP contribution in [0.5, 0.6) is 5.75 Å². The quantitative estimate of drug-likeness (QED) is 0.435. The van der Waals surface area contributed by atoms with E-state index in [0.29, 0.717) is 12.5 Å². The first-order valence-electron chi connectivity index (χ1n) is 9.82. The Morgan fingerprint density at radius 3 is 2.69 bits per heavy atom. The van der Waals surface area contributed by atoms with Gasteiger partial charge in [-0.15, -0.1) is 10.2 Å². The molecule has 0 saturated heterocycles. The number of rotatable bonds is 7. The second-order valence-corrected chi connectivity index (χ2v) is 7.43. The summed E-state index contributed by atoms with van der Waals surface area (Å²) in [6.07, 6.45) is 7.08. The van der Waals surface area contributed by atoms with Crippen LogP contribution in [0.2, 0.25) is 0 Å². The summed E-state index contributed by atoms with van der Waals surface area (Å²) in [5, 5.41) is 13.1. The number of aromatic nitrogens is 4. The van der Waals surface area contributed by atoms with Gasteiger partial charge >= 0.3 is 0 Å². The highest BCUT2D eigenvalue weighted by Crippen LogP contribution is 2.27. The summed E-state index contributed by atoms with van der Waals surface area (Å²) in [7, 11) is 0. The maximum Gasteiger partial charge on any atom is 0.141 e. The van der Waals surface area contributed by atoms with Crippen LogP contribution < -0.4 is 4.74 Å². The largest absolute Gasteiger partial charge is 0.491 e. The lowest BCUT2D eigenvalue weighted by Crippen LogP contribution is -2.09. The number of nitrogens with zero attached hydrogens (tertiary/aromatic N) is 5. The summed E-state index contributed by atoms with van der Waals surface area (Å²) < 4.78 is 9.98. The summed E-state index contributed by atoms with van der Waals surface area (Å²) in [5.41, 5.74) is 4.67. The Morgan fingerprint density at radius 1 is 1.10 bits per heavy atom. The molecule has 2 aromatic heterocycles. The van der Waals surface area contributed by atoms with Crippen molar-refractivity contribution in [3.63, 3.8) is 0 Å². The number of para-hydroxylation sites is 1. The van der Waals surface area contributed by atoms with Crippen LogP contribution in [0.15, 0.2) is 66.4 Å². The van der Waals surface area contributed by atoms with Gasteiger partial charge in [0.25, 0.3) is 0 Å². The van der Waals surface area contributed by atoms with E-state index in [1.807, 2.05) is 12.3 Å². The molecule has 0 radical (unpaired) electrons. The van der Waals surface area contributed by atoms with Crippen molar-refractivity contribution < 1.29 is 4.74 Å². The molecular formula is C23H25N5O. The molecule has 4 rings (SSSR count). The van der Waals surface area contributed by atoms with Crippen LogP contribution in [0.1, 0.15) is 36.5 Å². The monoisotopic (exact) mass is 387 g/mol. The molecule has 0 N–H and O–H groups in total. The molecule has 2 aromatic carbocycles. The van der Waals surface area contributed by atoms with E-state index in [1.165, 1.54) is 11.1 Å². The number of ether oxygens (including phenoxy) is 1. The first-order valence-corrected chi connectivity index (χ1v) is 9.82. The average molecular weight is 387 g/mol. The van der Waals surface area contributed by atoms with Gasteiger partial charge in [0.15, 0.2) is 0 Å². The maximum absolute atomic E-state index is 6.19. The van der Waals surface area contributed by atoms with Gasteiger partial charge in [0, 0.05) is 22.7 Å². The lowest BCUT2D eigenvalue weighted by molar-refractivity contribution is 0.296. The Labute approximate surface area is 170 Å². The van der Waals surface area contributed by atoms with E-state index in [1.54, 1.807) is 17.3 Å². The molecule has 0 unspecified atom stereocenters. The third-order valence-electron chi connectivity index (χ3n) is 4.94. The lowest BCUT2D eigenvalue weighted by atomic mass is 10.0. The van der Waals surface area contributed by atoms with Crippen LogP contribution in [0.3, 0.4) is 0 Å². The number of fused-ring (bicyclic) bond motifs is 1. The van der Waals surface area contributed by atoms with Crippen molar-refractivity contribution in [2.45, 2.75) is 33.2 Å². The number of hydrogen-bond acceptors (Lipinski definition) is 4. The van der Waals surface area contributed by atoms with Gasteiger partial charge in [0.1, 0.15) is 25.0 Å². The molecule has 0 aliphatic rings. The molecule has 29 heavy (non-hydrogen) atoms. The Bertz CT molecular complexity index is 1130. The van der Waals surface area contributed by atoms with E-state index in [2.05, 4.69) is 83.2 Å². The van der Waals surface area contributed by atoms with Gasteiger partial charge in [-0.05, 0) is 36.1 Å². The van der Waals surface area contributed by atoms with Crippen LogP contribution >= 0.6 is 0 Å². The van der Waals surface area contributed by atoms with Crippen LogP contribution in [0.4, 0.5) is 0 Å². The van der Waals surface area contributed by atoms with Crippen molar-refractivity contribution in [3.05, 3.63) is 78.0 Å². The first-order chi connectivity index (χ1) is 14.1. The normalized spacial score (nSPS) is 11.7. The Hall–Kier alpha value is -3.41. The van der Waals surface area contributed by atoms with Crippen molar-refractivity contribution >= 4 is 17.1 Å². The molecule has 0 atom stereocenters. The molecule has 0 aliphatic heterocycles. The van der Waals surface area contributed by atoms with Gasteiger partial charge in [-0.3, -0.25) is 0 Å². The minimum Gasteiger partial charge on any atom is -0.491 e. The minimum atomic E-state index is 0.429. The molecule has 0 saturated carbocycles. The molecule has 148 valence electrons. The van der Waals surface area contributed by atoms with Gasteiger partial charge in [0.05, 0.1) is 12.8 Å². The molecule has 2 heterocycles. The predicted octanol–water partition coefficient (Wildman–Crippen LogP) is 4.63. The summed E-state index contributed by atoms with van der Waals surface area (Å²) in [6, 6.07) is 14.8. The fraction of sp³-hybridized carbons (Fsp3) is 0.261. The second-order valence-electron chi connectivity index (χ2n) is 7.43. The average Bonchev–Trinajstić information content (AvgIpc) is 3.34. The molecule has 0 aliphatic carbocycles. The van der Waals surface area contributed by atoms with Crippen LogP contribution in [0.25, 0.3) is 10.9 Å². The summed E-state index contributed by atoms with van der Waals surface area (Å²) in [4.78, 5) is 0. The van der Waals surface area contributed by atoms with Gasteiger partial charge in [0.2, 0.25) is 0 Å². The highest BCUT2D eigenvalue weighted by atomic mass is 16.5. The lowest BCUT2D eigenvalue weighted by Gasteiger charge is -2.15. The Balaban J connectivity index is 1.54. The van der Waals surface area contributed by atoms with Crippen molar-refractivity contribution in [3.8, 4) is 5.75 Å². The minimum absolute atomic E-state index is 0.429. The van der Waals surface area contributed by atoms with E-state index in [9.17, 15) is 0 Å². The number of aryl methyl sites for hydroxylation is 1. The van der Waals surface area contributed by atoms with Crippen LogP contribution in [0, 0.1) is 6.92 Å². The zero-order valence-electron chi connectivity index (χ0n) is 17.0. The zero-order valence-corrected chi connectivity index (χ0v) is 17.0. The third kappa shape index (κ3) is 4.21. The Kier molecular flexibility index (Phi) is 5.42. The molecule has 4 aromatic rings. The van der Waals surface area contributed by atoms with E-state index < -0.39 is 0 Å². The highest BCUT2D eigenvalue weighted by Gasteiger charge is 2.10. The molecule has 0 amide bonds. The molecule has 6 nitrogen and oxygen atoms in total. The summed E-state index contributed by atoms with van der Waals surface area (Å²) >= 11 is 0. The van der Waals surface area contributed by atoms with E-state index in [-0.39, 0.29) is 0 Å². The number of hydrogen-bond donors (Lipinski definition) is 0. The zero-order chi connectivity index (χ0) is 20.2. The standard InChI is InChI=1S/C23H25N5O/c1-17(2)20-9-8-18(3)12-23(20)29-11-10-27-14-19(13-26-28-15-24-25-16-28)21-6-4-5-7-22(21)27/h4-9,12-17H,10-11H2,1-3H3/b26-13-. The highest BCUT2D eigenvalue weighted by molar-refractivity contribution is 5.99. The van der Waals surface area contributed by atoms with Crippen LogP contribution in [-0.2, 0) is 6.54 Å². The predicted molar refractivity (Wildman–Crippen MR) is 116 cm³/mol. The molecular weight excluding hydrogens is 362 g/mol. The molecule has 0 spiro atoms. The van der Waals surface area contributed by atoms with Crippen molar-refractivity contribution in [2.24, 2.45) is 5.10 Å². The van der Waals surface area contributed by atoms with Crippen molar-refractivity contribution in [2.75, 3.05) is 6.61 Å². The molecule has 0 fully saturated rings. The van der Waals surface area contributed by atoms with Crippen LogP contribution in [-0.4, -0.2) is 32.3 Å². The van der Waals surface area contributed by atoms with E-state index >= 15 is 0 Å². The third-order valence-corrected chi connectivity index (χ3v) is 4.94. The van der Waals surface area contributed by atoms with Crippen molar-refractivity contribution in [1.29, 1.82) is 0 Å². The van der Waals surface area contributed by atoms with Gasteiger partial charge in [-0.2, -0.15) is 5.10 Å². The SMILES string of the molecule is Cc1ccc(C(C)C)c(OCCn2cc(/C=N\n3cnnc3)c3ccccc32)c1. The van der Waals surface area contributed by atoms with Gasteiger partial charge < -0.3 is 9.30 Å². The van der Waals surface area contributed by atoms with E-state index in [4.69, 9.17) is 4.74 Å². The Morgan fingerprint density at radius 2 is 1.90 bits per heavy atom. The summed E-state index contributed by atoms with van der Waals surface area (Å²) in [5.74, 6) is 1.41. The topological polar surface area (TPSA) is 57.2 Å². The summed E-state index contributed by atoms with van der Waals surface area (Å²) in [6.45, 7) is 7.84.